The van der Waals surface area contributed by atoms with Gasteiger partial charge in [0.25, 0.3) is 16.0 Å². The largest absolute Gasteiger partial charge is 0.349 e. The van der Waals surface area contributed by atoms with Crippen LogP contribution in [0.15, 0.2) is 23.2 Å². The van der Waals surface area contributed by atoms with E-state index in [1.165, 1.54) is 6.07 Å². The van der Waals surface area contributed by atoms with Crippen LogP contribution in [0.4, 0.5) is 0 Å². The molecule has 1 aromatic heterocycles. The molecule has 0 atom stereocenters. The minimum absolute atomic E-state index is 0.0563. The zero-order valence-electron chi connectivity index (χ0n) is 8.25. The molecule has 1 aromatic rings. The first-order chi connectivity index (χ1) is 7.45. The molecule has 0 spiro atoms. The molecule has 1 heterocycles. The van der Waals surface area contributed by atoms with Crippen molar-refractivity contribution in [2.75, 3.05) is 13.1 Å². The van der Waals surface area contributed by atoms with E-state index in [1.807, 2.05) is 0 Å². The normalized spacial score (nSPS) is 11.1. The summed E-state index contributed by atoms with van der Waals surface area (Å²) in [5, 5.41) is 2.47. The van der Waals surface area contributed by atoms with Gasteiger partial charge in [-0.05, 0) is 12.1 Å². The Morgan fingerprint density at radius 1 is 1.50 bits per heavy atom. The molecular weight excluding hydrogens is 234 g/mol. The third-order valence-electron chi connectivity index (χ3n) is 1.70. The molecule has 7 nitrogen and oxygen atoms in total. The van der Waals surface area contributed by atoms with Crippen LogP contribution in [-0.4, -0.2) is 37.0 Å². The Kier molecular flexibility index (Phi) is 3.93. The van der Waals surface area contributed by atoms with Gasteiger partial charge in [0.05, 0.1) is 0 Å². The number of nitrogens with zero attached hydrogens (tertiary/aromatic N) is 1. The van der Waals surface area contributed by atoms with Crippen molar-refractivity contribution in [1.29, 1.82) is 0 Å². The topological polar surface area (TPSA) is 122 Å². The quantitative estimate of drug-likeness (QED) is 0.586. The second-order valence-corrected chi connectivity index (χ2v) is 4.32. The first kappa shape index (κ1) is 12.6. The number of nitrogens with one attached hydrogen (secondary N) is 1. The van der Waals surface area contributed by atoms with Crippen LogP contribution in [0.2, 0.25) is 0 Å². The number of hydrogen-bond donors (Lipinski definition) is 3. The molecule has 0 saturated heterocycles. The van der Waals surface area contributed by atoms with Crippen molar-refractivity contribution in [3.63, 3.8) is 0 Å². The van der Waals surface area contributed by atoms with E-state index in [-0.39, 0.29) is 10.6 Å². The summed E-state index contributed by atoms with van der Waals surface area (Å²) in [6, 6.07) is 2.30. The number of hydrogen-bond acceptors (Lipinski definition) is 5. The van der Waals surface area contributed by atoms with E-state index in [4.69, 9.17) is 10.3 Å². The smallest absolute Gasteiger partial charge is 0.296 e. The Hall–Kier alpha value is -1.51. The highest BCUT2D eigenvalue weighted by atomic mass is 32.2. The van der Waals surface area contributed by atoms with Gasteiger partial charge in [-0.2, -0.15) is 8.42 Å². The number of nitrogens with two attached hydrogens (primary N) is 1. The van der Waals surface area contributed by atoms with Crippen LogP contribution >= 0.6 is 0 Å². The molecule has 0 saturated carbocycles. The SMILES string of the molecule is NCCNC(=O)c1ccc(S(=O)(=O)O)cn1. The van der Waals surface area contributed by atoms with E-state index in [2.05, 4.69) is 10.3 Å². The molecule has 1 rings (SSSR count). The summed E-state index contributed by atoms with van der Waals surface area (Å²) in [6.45, 7) is 0.607. The third-order valence-corrected chi connectivity index (χ3v) is 2.53. The maximum absolute atomic E-state index is 11.3. The number of amides is 1. The fourth-order valence-electron chi connectivity index (χ4n) is 0.943. The number of pyridine rings is 1. The van der Waals surface area contributed by atoms with Crippen LogP contribution in [0, 0.1) is 0 Å². The lowest BCUT2D eigenvalue weighted by Gasteiger charge is -2.02. The number of rotatable bonds is 4. The number of carbonyl (C=O) groups is 1. The highest BCUT2D eigenvalue weighted by Crippen LogP contribution is 2.06. The van der Waals surface area contributed by atoms with Gasteiger partial charge in [-0.25, -0.2) is 4.98 Å². The maximum atomic E-state index is 11.3. The van der Waals surface area contributed by atoms with Crippen LogP contribution in [-0.2, 0) is 10.1 Å². The number of aromatic nitrogens is 1. The van der Waals surface area contributed by atoms with Crippen LogP contribution in [0.1, 0.15) is 10.5 Å². The Morgan fingerprint density at radius 3 is 2.62 bits per heavy atom. The second-order valence-electron chi connectivity index (χ2n) is 2.90. The number of carbonyl (C=O) groups excluding carboxylic acids is 1. The summed E-state index contributed by atoms with van der Waals surface area (Å²) in [4.78, 5) is 14.6. The Bertz CT molecular complexity index is 469. The Morgan fingerprint density at radius 2 is 2.19 bits per heavy atom. The van der Waals surface area contributed by atoms with Gasteiger partial charge in [-0.15, -0.1) is 0 Å². The van der Waals surface area contributed by atoms with E-state index >= 15 is 0 Å². The molecule has 8 heteroatoms. The molecule has 1 amide bonds. The summed E-state index contributed by atoms with van der Waals surface area (Å²) in [7, 11) is -4.28. The average molecular weight is 245 g/mol. The van der Waals surface area contributed by atoms with E-state index in [0.29, 0.717) is 13.1 Å². The van der Waals surface area contributed by atoms with Gasteiger partial charge >= 0.3 is 0 Å². The highest BCUT2D eigenvalue weighted by Gasteiger charge is 2.12. The average Bonchev–Trinajstić information content (AvgIpc) is 2.25. The van der Waals surface area contributed by atoms with Gasteiger partial charge in [-0.1, -0.05) is 0 Å². The van der Waals surface area contributed by atoms with Crippen LogP contribution < -0.4 is 11.1 Å². The molecular formula is C8H11N3O4S. The molecule has 88 valence electrons. The van der Waals surface area contributed by atoms with E-state index in [9.17, 15) is 13.2 Å². The van der Waals surface area contributed by atoms with E-state index in [0.717, 1.165) is 12.3 Å². The third kappa shape index (κ3) is 3.26. The Balaban J connectivity index is 2.83. The predicted octanol–water partition coefficient (Wildman–Crippen LogP) is -0.983. The first-order valence-corrected chi connectivity index (χ1v) is 5.81. The Labute approximate surface area is 92.4 Å². The van der Waals surface area contributed by atoms with E-state index in [1.54, 1.807) is 0 Å². The lowest BCUT2D eigenvalue weighted by Crippen LogP contribution is -2.29. The predicted molar refractivity (Wildman–Crippen MR) is 55.4 cm³/mol. The standard InChI is InChI=1S/C8H11N3O4S/c9-3-4-10-8(12)7-2-1-6(5-11-7)16(13,14)15/h1-2,5H,3-4,9H2,(H,10,12)(H,13,14,15). The van der Waals surface area contributed by atoms with Crippen molar-refractivity contribution in [3.05, 3.63) is 24.0 Å². The van der Waals surface area contributed by atoms with Crippen molar-refractivity contribution < 1.29 is 17.8 Å². The van der Waals surface area contributed by atoms with E-state index < -0.39 is 16.0 Å². The van der Waals surface area contributed by atoms with Crippen molar-refractivity contribution >= 4 is 16.0 Å². The maximum Gasteiger partial charge on any atom is 0.296 e. The first-order valence-electron chi connectivity index (χ1n) is 4.37. The van der Waals surface area contributed by atoms with Crippen molar-refractivity contribution in [1.82, 2.24) is 10.3 Å². The molecule has 4 N–H and O–H groups in total. The fourth-order valence-corrected chi connectivity index (χ4v) is 1.37. The monoisotopic (exact) mass is 245 g/mol. The van der Waals surface area contributed by atoms with Gasteiger partial charge in [0, 0.05) is 19.3 Å². The summed E-state index contributed by atoms with van der Waals surface area (Å²) in [6.07, 6.45) is 0.909. The molecule has 0 unspecified atom stereocenters. The van der Waals surface area contributed by atoms with Crippen molar-refractivity contribution in [3.8, 4) is 0 Å². The van der Waals surface area contributed by atoms with Crippen molar-refractivity contribution in [2.24, 2.45) is 5.73 Å². The van der Waals surface area contributed by atoms with Gasteiger partial charge < -0.3 is 11.1 Å². The molecule has 0 fully saturated rings. The van der Waals surface area contributed by atoms with Gasteiger partial charge in [0.15, 0.2) is 0 Å². The summed E-state index contributed by atoms with van der Waals surface area (Å²) < 4.78 is 30.0. The van der Waals surface area contributed by atoms with Crippen molar-refractivity contribution in [2.45, 2.75) is 4.90 Å². The molecule has 0 bridgehead atoms. The highest BCUT2D eigenvalue weighted by molar-refractivity contribution is 7.85. The van der Waals surface area contributed by atoms with Crippen LogP contribution in [0.5, 0.6) is 0 Å². The lowest BCUT2D eigenvalue weighted by molar-refractivity contribution is 0.0949. The molecule has 16 heavy (non-hydrogen) atoms. The fraction of sp³-hybridized carbons (Fsp3) is 0.250. The molecule has 0 aliphatic carbocycles. The zero-order valence-corrected chi connectivity index (χ0v) is 9.07. The van der Waals surface area contributed by atoms with Gasteiger partial charge in [0.2, 0.25) is 0 Å². The zero-order chi connectivity index (χ0) is 12.2. The molecule has 0 aliphatic rings. The minimum Gasteiger partial charge on any atom is -0.349 e. The summed E-state index contributed by atoms with van der Waals surface area (Å²) in [5.74, 6) is -0.452. The second kappa shape index (κ2) is 5.01. The minimum atomic E-state index is -4.28. The van der Waals surface area contributed by atoms with Gasteiger partial charge in [-0.3, -0.25) is 9.35 Å². The lowest BCUT2D eigenvalue weighted by atomic mass is 10.3. The van der Waals surface area contributed by atoms with Crippen LogP contribution in [0.25, 0.3) is 0 Å². The summed E-state index contributed by atoms with van der Waals surface area (Å²) >= 11 is 0. The molecule has 0 radical (unpaired) electrons. The molecule has 0 aromatic carbocycles. The van der Waals surface area contributed by atoms with Crippen LogP contribution in [0.3, 0.4) is 0 Å². The molecule has 0 aliphatic heterocycles. The summed E-state index contributed by atoms with van der Waals surface area (Å²) in [5.41, 5.74) is 5.24. The van der Waals surface area contributed by atoms with Gasteiger partial charge in [0.1, 0.15) is 10.6 Å².